The van der Waals surface area contributed by atoms with Crippen LogP contribution in [0.15, 0.2) is 30.3 Å². The Kier molecular flexibility index (Phi) is 4.34. The first-order valence-corrected chi connectivity index (χ1v) is 7.40. The zero-order valence-corrected chi connectivity index (χ0v) is 12.4. The van der Waals surface area contributed by atoms with Crippen molar-refractivity contribution in [3.63, 3.8) is 0 Å². The molecule has 0 unspecified atom stereocenters. The summed E-state index contributed by atoms with van der Waals surface area (Å²) in [7, 11) is 1.75. The number of hydrogen-bond donors (Lipinski definition) is 2. The van der Waals surface area contributed by atoms with Crippen LogP contribution >= 0.6 is 0 Å². The molecule has 0 aliphatic heterocycles. The third kappa shape index (κ3) is 3.32. The van der Waals surface area contributed by atoms with Gasteiger partial charge in [0, 0.05) is 37.2 Å². The summed E-state index contributed by atoms with van der Waals surface area (Å²) in [5.41, 5.74) is 4.84. The normalized spacial score (nSPS) is 14.8. The summed E-state index contributed by atoms with van der Waals surface area (Å²) in [6.07, 6.45) is 2.55. The maximum absolute atomic E-state index is 5.65. The van der Waals surface area contributed by atoms with Gasteiger partial charge in [-0.3, -0.25) is 4.90 Å². The highest BCUT2D eigenvalue weighted by Crippen LogP contribution is 2.30. The van der Waals surface area contributed by atoms with Crippen molar-refractivity contribution in [3.8, 4) is 0 Å². The number of anilines is 1. The van der Waals surface area contributed by atoms with Crippen molar-refractivity contribution < 1.29 is 4.74 Å². The summed E-state index contributed by atoms with van der Waals surface area (Å²) in [5.74, 6) is 6.41. The topological polar surface area (TPSA) is 63.4 Å². The van der Waals surface area contributed by atoms with Gasteiger partial charge >= 0.3 is 0 Å². The van der Waals surface area contributed by atoms with E-state index in [2.05, 4.69) is 27.4 Å². The van der Waals surface area contributed by atoms with Crippen LogP contribution in [0.3, 0.4) is 0 Å². The van der Waals surface area contributed by atoms with Crippen LogP contribution in [0.2, 0.25) is 0 Å². The van der Waals surface area contributed by atoms with Crippen molar-refractivity contribution in [3.05, 3.63) is 35.9 Å². The summed E-state index contributed by atoms with van der Waals surface area (Å²) in [6.45, 7) is 2.55. The molecule has 0 saturated heterocycles. The van der Waals surface area contributed by atoms with E-state index in [4.69, 9.17) is 10.6 Å². The SMILES string of the molecule is COCCN(Cc1cc2ccccc2nc1NN)C1CC1. The van der Waals surface area contributed by atoms with Gasteiger partial charge in [0.25, 0.3) is 0 Å². The van der Waals surface area contributed by atoms with Gasteiger partial charge in [-0.15, -0.1) is 0 Å². The van der Waals surface area contributed by atoms with E-state index in [-0.39, 0.29) is 0 Å². The Morgan fingerprint density at radius 2 is 2.19 bits per heavy atom. The number of fused-ring (bicyclic) bond motifs is 1. The molecule has 1 aromatic carbocycles. The van der Waals surface area contributed by atoms with E-state index in [1.807, 2.05) is 18.2 Å². The van der Waals surface area contributed by atoms with Crippen molar-refractivity contribution in [1.29, 1.82) is 0 Å². The lowest BCUT2D eigenvalue weighted by molar-refractivity contribution is 0.139. The van der Waals surface area contributed by atoms with E-state index in [1.165, 1.54) is 12.8 Å². The van der Waals surface area contributed by atoms with Gasteiger partial charge in [-0.1, -0.05) is 18.2 Å². The van der Waals surface area contributed by atoms with Gasteiger partial charge in [-0.05, 0) is 25.0 Å². The zero-order valence-electron chi connectivity index (χ0n) is 12.4. The van der Waals surface area contributed by atoms with Crippen LogP contribution in [0.25, 0.3) is 10.9 Å². The first-order valence-electron chi connectivity index (χ1n) is 7.40. The van der Waals surface area contributed by atoms with E-state index in [1.54, 1.807) is 7.11 Å². The van der Waals surface area contributed by atoms with E-state index < -0.39 is 0 Å². The number of nitrogens with one attached hydrogen (secondary N) is 1. The average molecular weight is 286 g/mol. The Morgan fingerprint density at radius 3 is 2.90 bits per heavy atom. The molecule has 21 heavy (non-hydrogen) atoms. The Labute approximate surface area is 125 Å². The van der Waals surface area contributed by atoms with Crippen LogP contribution in [-0.2, 0) is 11.3 Å². The number of methoxy groups -OCH3 is 1. The van der Waals surface area contributed by atoms with Crippen LogP contribution in [0.4, 0.5) is 5.82 Å². The van der Waals surface area contributed by atoms with Gasteiger partial charge in [0.05, 0.1) is 12.1 Å². The predicted octanol–water partition coefficient (Wildman–Crippen LogP) is 2.13. The number of rotatable bonds is 7. The molecule has 0 amide bonds. The van der Waals surface area contributed by atoms with Gasteiger partial charge in [0.1, 0.15) is 5.82 Å². The highest BCUT2D eigenvalue weighted by atomic mass is 16.5. The largest absolute Gasteiger partial charge is 0.383 e. The fourth-order valence-electron chi connectivity index (χ4n) is 2.66. The summed E-state index contributed by atoms with van der Waals surface area (Å²) in [5, 5.41) is 1.15. The van der Waals surface area contributed by atoms with Gasteiger partial charge in [-0.25, -0.2) is 10.8 Å². The minimum atomic E-state index is 0.678. The van der Waals surface area contributed by atoms with Crippen LogP contribution in [0.5, 0.6) is 0 Å². The number of nitrogens with zero attached hydrogens (tertiary/aromatic N) is 2. The summed E-state index contributed by atoms with van der Waals surface area (Å²) in [6, 6.07) is 11.0. The lowest BCUT2D eigenvalue weighted by atomic mass is 10.1. The van der Waals surface area contributed by atoms with Crippen molar-refractivity contribution in [2.24, 2.45) is 5.84 Å². The second-order valence-electron chi connectivity index (χ2n) is 5.53. The molecule has 3 N–H and O–H groups in total. The fraction of sp³-hybridized carbons (Fsp3) is 0.438. The predicted molar refractivity (Wildman–Crippen MR) is 84.9 cm³/mol. The minimum Gasteiger partial charge on any atom is -0.383 e. The summed E-state index contributed by atoms with van der Waals surface area (Å²) >= 11 is 0. The summed E-state index contributed by atoms with van der Waals surface area (Å²) in [4.78, 5) is 7.07. The molecule has 3 rings (SSSR count). The zero-order chi connectivity index (χ0) is 14.7. The molecule has 2 aromatic rings. The first-order chi connectivity index (χ1) is 10.3. The molecule has 5 heteroatoms. The van der Waals surface area contributed by atoms with E-state index in [0.717, 1.165) is 42.0 Å². The fourth-order valence-corrected chi connectivity index (χ4v) is 2.66. The third-order valence-electron chi connectivity index (χ3n) is 3.96. The number of nitrogen functional groups attached to an aromatic ring is 1. The van der Waals surface area contributed by atoms with Gasteiger partial charge in [0.15, 0.2) is 0 Å². The van der Waals surface area contributed by atoms with Crippen LogP contribution in [0, 0.1) is 0 Å². The van der Waals surface area contributed by atoms with Crippen molar-refractivity contribution in [2.75, 3.05) is 25.7 Å². The monoisotopic (exact) mass is 286 g/mol. The first kappa shape index (κ1) is 14.3. The number of nitrogens with two attached hydrogens (primary N) is 1. The molecule has 0 radical (unpaired) electrons. The molecule has 112 valence electrons. The molecule has 0 spiro atoms. The van der Waals surface area contributed by atoms with Gasteiger partial charge < -0.3 is 10.2 Å². The molecule has 0 bridgehead atoms. The summed E-state index contributed by atoms with van der Waals surface area (Å²) < 4.78 is 5.22. The van der Waals surface area contributed by atoms with E-state index >= 15 is 0 Å². The number of pyridine rings is 1. The number of hydrogen-bond acceptors (Lipinski definition) is 5. The highest BCUT2D eigenvalue weighted by Gasteiger charge is 2.29. The molecule has 1 aromatic heterocycles. The smallest absolute Gasteiger partial charge is 0.145 e. The Bertz CT molecular complexity index is 612. The Hall–Kier alpha value is -1.69. The molecular weight excluding hydrogens is 264 g/mol. The van der Waals surface area contributed by atoms with Crippen LogP contribution < -0.4 is 11.3 Å². The molecule has 1 saturated carbocycles. The third-order valence-corrected chi connectivity index (χ3v) is 3.96. The quantitative estimate of drug-likeness (QED) is 0.603. The maximum atomic E-state index is 5.65. The Morgan fingerprint density at radius 1 is 1.38 bits per heavy atom. The lowest BCUT2D eigenvalue weighted by Crippen LogP contribution is -2.30. The number of ether oxygens (including phenoxy) is 1. The van der Waals surface area contributed by atoms with E-state index in [9.17, 15) is 0 Å². The minimum absolute atomic E-state index is 0.678. The van der Waals surface area contributed by atoms with Crippen LogP contribution in [-0.4, -0.2) is 36.2 Å². The molecule has 1 aliphatic rings. The molecule has 1 aliphatic carbocycles. The Balaban J connectivity index is 1.86. The van der Waals surface area contributed by atoms with Crippen molar-refractivity contribution >= 4 is 16.7 Å². The second-order valence-corrected chi connectivity index (χ2v) is 5.53. The lowest BCUT2D eigenvalue weighted by Gasteiger charge is -2.23. The number of aromatic nitrogens is 1. The van der Waals surface area contributed by atoms with Crippen LogP contribution in [0.1, 0.15) is 18.4 Å². The van der Waals surface area contributed by atoms with Gasteiger partial charge in [0.2, 0.25) is 0 Å². The number of para-hydroxylation sites is 1. The van der Waals surface area contributed by atoms with E-state index in [0.29, 0.717) is 6.04 Å². The van der Waals surface area contributed by atoms with Crippen molar-refractivity contribution in [2.45, 2.75) is 25.4 Å². The maximum Gasteiger partial charge on any atom is 0.145 e. The molecule has 0 atom stereocenters. The van der Waals surface area contributed by atoms with Crippen molar-refractivity contribution in [1.82, 2.24) is 9.88 Å². The molecule has 1 heterocycles. The van der Waals surface area contributed by atoms with Gasteiger partial charge in [-0.2, -0.15) is 0 Å². The second kappa shape index (κ2) is 6.39. The number of hydrazine groups is 1. The molecular formula is C16H22N4O. The highest BCUT2D eigenvalue weighted by molar-refractivity contribution is 5.81. The molecule has 5 nitrogen and oxygen atoms in total. The average Bonchev–Trinajstić information content (AvgIpc) is 3.35. The molecule has 1 fully saturated rings. The number of benzene rings is 1. The standard InChI is InChI=1S/C16H22N4O/c1-21-9-8-20(14-6-7-14)11-13-10-12-4-2-3-5-15(12)18-16(13)19-17/h2-5,10,14H,6-9,11,17H2,1H3,(H,18,19).